The predicted molar refractivity (Wildman–Crippen MR) is 95.9 cm³/mol. The number of aromatic nitrogens is 1. The zero-order valence-corrected chi connectivity index (χ0v) is 15.4. The van der Waals surface area contributed by atoms with Gasteiger partial charge in [-0.3, -0.25) is 4.79 Å². The van der Waals surface area contributed by atoms with Gasteiger partial charge in [0.15, 0.2) is 0 Å². The van der Waals surface area contributed by atoms with Crippen LogP contribution in [0.5, 0.6) is 0 Å². The molecule has 1 aliphatic rings. The van der Waals surface area contributed by atoms with Gasteiger partial charge in [-0.25, -0.2) is 9.78 Å². The first-order valence-corrected chi connectivity index (χ1v) is 8.93. The normalized spacial score (nSPS) is 16.8. The van der Waals surface area contributed by atoms with Crippen molar-refractivity contribution in [3.63, 3.8) is 0 Å². The summed E-state index contributed by atoms with van der Waals surface area (Å²) in [6, 6.07) is 3.18. The van der Waals surface area contributed by atoms with E-state index in [1.165, 1.54) is 0 Å². The summed E-state index contributed by atoms with van der Waals surface area (Å²) in [5.74, 6) is -0.154. The van der Waals surface area contributed by atoms with Crippen LogP contribution < -0.4 is 10.6 Å². The molecule has 138 valence electrons. The summed E-state index contributed by atoms with van der Waals surface area (Å²) in [4.78, 5) is 30.2. The van der Waals surface area contributed by atoms with Gasteiger partial charge in [0.2, 0.25) is 0 Å². The number of amides is 3. The summed E-state index contributed by atoms with van der Waals surface area (Å²) in [6.07, 6.45) is 1.49. The number of pyridine rings is 1. The monoisotopic (exact) mass is 368 g/mol. The van der Waals surface area contributed by atoms with Crippen molar-refractivity contribution in [2.24, 2.45) is 0 Å². The third-order valence-electron chi connectivity index (χ3n) is 3.98. The summed E-state index contributed by atoms with van der Waals surface area (Å²) in [5.41, 5.74) is 1.16. The van der Waals surface area contributed by atoms with Crippen LogP contribution in [0.15, 0.2) is 12.1 Å². The summed E-state index contributed by atoms with van der Waals surface area (Å²) in [6.45, 7) is 6.68. The van der Waals surface area contributed by atoms with Gasteiger partial charge in [-0.15, -0.1) is 0 Å². The number of hydrogen-bond donors (Lipinski definition) is 2. The molecular weight excluding hydrogens is 344 g/mol. The first kappa shape index (κ1) is 19.5. The quantitative estimate of drug-likeness (QED) is 0.569. The molecule has 8 heteroatoms. The van der Waals surface area contributed by atoms with E-state index in [2.05, 4.69) is 15.6 Å². The topological polar surface area (TPSA) is 83.6 Å². The first-order valence-electron chi connectivity index (χ1n) is 8.55. The fraction of sp³-hybridized carbons (Fsp3) is 0.588. The van der Waals surface area contributed by atoms with Gasteiger partial charge in [0.25, 0.3) is 5.91 Å². The number of likely N-dealkylation sites (tertiary alicyclic amines) is 1. The van der Waals surface area contributed by atoms with E-state index < -0.39 is 0 Å². The molecule has 1 aromatic heterocycles. The van der Waals surface area contributed by atoms with Gasteiger partial charge in [0.1, 0.15) is 5.15 Å². The van der Waals surface area contributed by atoms with Crippen molar-refractivity contribution in [2.45, 2.75) is 32.7 Å². The van der Waals surface area contributed by atoms with E-state index in [9.17, 15) is 9.59 Å². The van der Waals surface area contributed by atoms with Crippen molar-refractivity contribution in [2.75, 3.05) is 32.8 Å². The lowest BCUT2D eigenvalue weighted by molar-refractivity contribution is 0.0789. The number of carbonyl (C=O) groups excluding carboxylic acids is 2. The Bertz CT molecular complexity index is 612. The van der Waals surface area contributed by atoms with E-state index in [4.69, 9.17) is 16.3 Å². The Hall–Kier alpha value is -1.86. The number of nitrogens with one attached hydrogen (secondary N) is 2. The number of carbonyl (C=O) groups is 2. The van der Waals surface area contributed by atoms with E-state index in [1.54, 1.807) is 17.0 Å². The van der Waals surface area contributed by atoms with Crippen molar-refractivity contribution in [1.82, 2.24) is 20.5 Å². The molecule has 2 rings (SSSR count). The molecule has 0 radical (unpaired) electrons. The Kier molecular flexibility index (Phi) is 7.46. The zero-order valence-electron chi connectivity index (χ0n) is 14.7. The fourth-order valence-corrected chi connectivity index (χ4v) is 2.95. The number of halogens is 1. The average Bonchev–Trinajstić information content (AvgIpc) is 3.02. The molecular formula is C17H25ClN4O3. The summed E-state index contributed by atoms with van der Waals surface area (Å²) in [5, 5.41) is 5.91. The van der Waals surface area contributed by atoms with Crippen LogP contribution in [0.4, 0.5) is 4.79 Å². The Labute approximate surface area is 153 Å². The molecule has 0 unspecified atom stereocenters. The third-order valence-corrected chi connectivity index (χ3v) is 4.27. The minimum Gasteiger partial charge on any atom is -0.382 e. The fourth-order valence-electron chi connectivity index (χ4n) is 2.67. The molecule has 2 N–H and O–H groups in total. The standard InChI is InChI=1S/C17H25ClN4O3/c1-3-25-10-4-8-19-17(24)21-13-7-9-22(11-13)16(23)14-6-5-12(2)20-15(14)18/h5-6,13H,3-4,7-11H2,1-2H3,(H2,19,21,24)/t13-/m1/s1. The van der Waals surface area contributed by atoms with E-state index in [0.29, 0.717) is 38.4 Å². The molecule has 0 spiro atoms. The average molecular weight is 369 g/mol. The van der Waals surface area contributed by atoms with Gasteiger partial charge in [-0.1, -0.05) is 11.6 Å². The van der Waals surface area contributed by atoms with Crippen LogP contribution in [0.3, 0.4) is 0 Å². The molecule has 3 amide bonds. The molecule has 1 atom stereocenters. The SMILES string of the molecule is CCOCCCNC(=O)N[C@@H]1CCN(C(=O)c2ccc(C)nc2Cl)C1. The highest BCUT2D eigenvalue weighted by molar-refractivity contribution is 6.32. The van der Waals surface area contributed by atoms with Crippen molar-refractivity contribution < 1.29 is 14.3 Å². The third kappa shape index (κ3) is 5.86. The maximum atomic E-state index is 12.5. The molecule has 0 saturated carbocycles. The van der Waals surface area contributed by atoms with Crippen LogP contribution in [-0.2, 0) is 4.74 Å². The van der Waals surface area contributed by atoms with E-state index >= 15 is 0 Å². The molecule has 1 fully saturated rings. The van der Waals surface area contributed by atoms with Gasteiger partial charge in [0.05, 0.1) is 5.56 Å². The Morgan fingerprint density at radius 3 is 2.96 bits per heavy atom. The lowest BCUT2D eigenvalue weighted by Gasteiger charge is -2.18. The molecule has 25 heavy (non-hydrogen) atoms. The summed E-state index contributed by atoms with van der Waals surface area (Å²) >= 11 is 6.07. The van der Waals surface area contributed by atoms with Gasteiger partial charge in [-0.05, 0) is 38.8 Å². The first-order chi connectivity index (χ1) is 12.0. The second-order valence-electron chi connectivity index (χ2n) is 5.98. The van der Waals surface area contributed by atoms with Crippen LogP contribution >= 0.6 is 11.6 Å². The van der Waals surface area contributed by atoms with Crippen molar-refractivity contribution >= 4 is 23.5 Å². The predicted octanol–water partition coefficient (Wildman–Crippen LogP) is 1.98. The van der Waals surface area contributed by atoms with E-state index in [1.807, 2.05) is 13.8 Å². The van der Waals surface area contributed by atoms with E-state index in [-0.39, 0.29) is 23.1 Å². The molecule has 0 aromatic carbocycles. The van der Waals surface area contributed by atoms with Crippen LogP contribution in [0.1, 0.15) is 35.8 Å². The van der Waals surface area contributed by atoms with Crippen LogP contribution in [0.25, 0.3) is 0 Å². The Morgan fingerprint density at radius 2 is 2.24 bits per heavy atom. The number of aryl methyl sites for hydroxylation is 1. The van der Waals surface area contributed by atoms with Gasteiger partial charge in [0, 0.05) is 44.6 Å². The highest BCUT2D eigenvalue weighted by atomic mass is 35.5. The molecule has 1 aromatic rings. The van der Waals surface area contributed by atoms with Crippen molar-refractivity contribution in [3.05, 3.63) is 28.5 Å². The molecule has 1 aliphatic heterocycles. The smallest absolute Gasteiger partial charge is 0.315 e. The minimum absolute atomic E-state index is 0.0620. The summed E-state index contributed by atoms with van der Waals surface area (Å²) < 4.78 is 5.22. The van der Waals surface area contributed by atoms with Crippen LogP contribution in [-0.4, -0.2) is 60.7 Å². The van der Waals surface area contributed by atoms with Gasteiger partial charge < -0.3 is 20.3 Å². The lowest BCUT2D eigenvalue weighted by atomic mass is 10.2. The highest BCUT2D eigenvalue weighted by Crippen LogP contribution is 2.19. The molecule has 2 heterocycles. The molecule has 0 aliphatic carbocycles. The number of rotatable bonds is 7. The number of nitrogens with zero attached hydrogens (tertiary/aromatic N) is 2. The van der Waals surface area contributed by atoms with Crippen LogP contribution in [0.2, 0.25) is 5.15 Å². The van der Waals surface area contributed by atoms with Crippen molar-refractivity contribution in [3.8, 4) is 0 Å². The Morgan fingerprint density at radius 1 is 1.44 bits per heavy atom. The van der Waals surface area contributed by atoms with Crippen LogP contribution in [0, 0.1) is 6.92 Å². The zero-order chi connectivity index (χ0) is 18.2. The van der Waals surface area contributed by atoms with E-state index in [0.717, 1.165) is 18.5 Å². The second kappa shape index (κ2) is 9.58. The maximum Gasteiger partial charge on any atom is 0.315 e. The highest BCUT2D eigenvalue weighted by Gasteiger charge is 2.29. The largest absolute Gasteiger partial charge is 0.382 e. The number of urea groups is 1. The Balaban J connectivity index is 1.77. The van der Waals surface area contributed by atoms with Crippen molar-refractivity contribution in [1.29, 1.82) is 0 Å². The molecule has 1 saturated heterocycles. The summed E-state index contributed by atoms with van der Waals surface area (Å²) in [7, 11) is 0. The minimum atomic E-state index is -0.217. The van der Waals surface area contributed by atoms with Gasteiger partial charge in [-0.2, -0.15) is 0 Å². The second-order valence-corrected chi connectivity index (χ2v) is 6.34. The van der Waals surface area contributed by atoms with Gasteiger partial charge >= 0.3 is 6.03 Å². The number of hydrogen-bond acceptors (Lipinski definition) is 4. The molecule has 0 bridgehead atoms. The maximum absolute atomic E-state index is 12.5. The molecule has 7 nitrogen and oxygen atoms in total. The number of ether oxygens (including phenoxy) is 1. The lowest BCUT2D eigenvalue weighted by Crippen LogP contribution is -2.44.